The van der Waals surface area contributed by atoms with Gasteiger partial charge >= 0.3 is 6.03 Å². The minimum Gasteiger partial charge on any atom is -0.335 e. The Labute approximate surface area is 117 Å². The summed E-state index contributed by atoms with van der Waals surface area (Å²) in [6.07, 6.45) is 7.44. The minimum absolute atomic E-state index is 0.0180. The van der Waals surface area contributed by atoms with Crippen molar-refractivity contribution in [1.82, 2.24) is 15.5 Å². The number of carbonyl (C=O) groups is 1. The highest BCUT2D eigenvalue weighted by molar-refractivity contribution is 5.74. The molecule has 4 heteroatoms. The molecule has 1 saturated heterocycles. The highest BCUT2D eigenvalue weighted by atomic mass is 16.2. The van der Waals surface area contributed by atoms with Crippen LogP contribution in [0.4, 0.5) is 4.79 Å². The van der Waals surface area contributed by atoms with Gasteiger partial charge in [-0.05, 0) is 45.1 Å². The molecule has 1 aliphatic carbocycles. The molecule has 1 aliphatic heterocycles. The maximum atomic E-state index is 11.9. The number of rotatable bonds is 4. The topological polar surface area (TPSA) is 44.4 Å². The molecule has 2 N–H and O–H groups in total. The van der Waals surface area contributed by atoms with Gasteiger partial charge in [-0.3, -0.25) is 0 Å². The Hall–Kier alpha value is -0.770. The summed E-state index contributed by atoms with van der Waals surface area (Å²) in [6, 6.07) is 0.651. The van der Waals surface area contributed by atoms with Crippen LogP contribution >= 0.6 is 0 Å². The lowest BCUT2D eigenvalue weighted by Gasteiger charge is -2.33. The number of piperidine rings is 1. The molecule has 2 amide bonds. The van der Waals surface area contributed by atoms with Gasteiger partial charge in [0.2, 0.25) is 0 Å². The van der Waals surface area contributed by atoms with Crippen LogP contribution in [-0.4, -0.2) is 42.6 Å². The molecule has 4 nitrogen and oxygen atoms in total. The fraction of sp³-hybridized carbons (Fsp3) is 0.933. The molecule has 19 heavy (non-hydrogen) atoms. The lowest BCUT2D eigenvalue weighted by Crippen LogP contribution is -2.49. The molecule has 0 aromatic carbocycles. The summed E-state index contributed by atoms with van der Waals surface area (Å²) in [5.41, 5.74) is 0. The van der Waals surface area contributed by atoms with E-state index in [1.807, 2.05) is 0 Å². The summed E-state index contributed by atoms with van der Waals surface area (Å²) in [7, 11) is 0. The van der Waals surface area contributed by atoms with E-state index in [2.05, 4.69) is 29.4 Å². The Morgan fingerprint density at radius 3 is 2.68 bits per heavy atom. The van der Waals surface area contributed by atoms with Crippen LogP contribution in [0.3, 0.4) is 0 Å². The standard InChI is InChI=1S/C15H29N3O/c1-12-6-5-9-18(10-12)11-13(2)16-15(19)17-14-7-3-4-8-14/h12-14H,3-11H2,1-2H3,(H2,16,17,19). The zero-order valence-electron chi connectivity index (χ0n) is 12.5. The lowest BCUT2D eigenvalue weighted by molar-refractivity contribution is 0.169. The van der Waals surface area contributed by atoms with Gasteiger partial charge in [-0.25, -0.2) is 4.79 Å². The van der Waals surface area contributed by atoms with Crippen LogP contribution in [0.5, 0.6) is 0 Å². The van der Waals surface area contributed by atoms with Crippen LogP contribution in [0.1, 0.15) is 52.4 Å². The average molecular weight is 267 g/mol. The third-order valence-electron chi connectivity index (χ3n) is 4.34. The number of amides is 2. The fourth-order valence-corrected chi connectivity index (χ4v) is 3.41. The van der Waals surface area contributed by atoms with Gasteiger partial charge in [0.15, 0.2) is 0 Å². The Bertz CT molecular complexity index is 289. The van der Waals surface area contributed by atoms with Crippen molar-refractivity contribution in [3.05, 3.63) is 0 Å². The molecule has 1 heterocycles. The van der Waals surface area contributed by atoms with Crippen LogP contribution in [0.15, 0.2) is 0 Å². The fourth-order valence-electron chi connectivity index (χ4n) is 3.41. The third kappa shape index (κ3) is 5.01. The Balaban J connectivity index is 1.65. The molecule has 1 saturated carbocycles. The molecule has 0 bridgehead atoms. The Morgan fingerprint density at radius 2 is 2.00 bits per heavy atom. The third-order valence-corrected chi connectivity index (χ3v) is 4.34. The Kier molecular flexibility index (Phi) is 5.49. The molecule has 2 unspecified atom stereocenters. The van der Waals surface area contributed by atoms with Gasteiger partial charge in [0.05, 0.1) is 0 Å². The number of carbonyl (C=O) groups excluding carboxylic acids is 1. The second-order valence-electron chi connectivity index (χ2n) is 6.51. The van der Waals surface area contributed by atoms with E-state index in [1.54, 1.807) is 0 Å². The van der Waals surface area contributed by atoms with Crippen LogP contribution in [0.2, 0.25) is 0 Å². The second-order valence-corrected chi connectivity index (χ2v) is 6.51. The van der Waals surface area contributed by atoms with E-state index in [-0.39, 0.29) is 12.1 Å². The van der Waals surface area contributed by atoms with E-state index in [0.29, 0.717) is 6.04 Å². The average Bonchev–Trinajstić information content (AvgIpc) is 2.81. The predicted molar refractivity (Wildman–Crippen MR) is 78.2 cm³/mol. The van der Waals surface area contributed by atoms with Crippen molar-refractivity contribution in [1.29, 1.82) is 0 Å². The second kappa shape index (κ2) is 7.13. The van der Waals surface area contributed by atoms with Crippen molar-refractivity contribution < 1.29 is 4.79 Å². The van der Waals surface area contributed by atoms with Gasteiger partial charge in [-0.2, -0.15) is 0 Å². The van der Waals surface area contributed by atoms with Crippen molar-refractivity contribution in [3.63, 3.8) is 0 Å². The smallest absolute Gasteiger partial charge is 0.315 e. The van der Waals surface area contributed by atoms with Crippen molar-refractivity contribution in [2.75, 3.05) is 19.6 Å². The first-order valence-corrected chi connectivity index (χ1v) is 7.93. The van der Waals surface area contributed by atoms with Crippen LogP contribution in [-0.2, 0) is 0 Å². The molecule has 0 radical (unpaired) electrons. The van der Waals surface area contributed by atoms with Crippen LogP contribution in [0, 0.1) is 5.92 Å². The van der Waals surface area contributed by atoms with Crippen LogP contribution in [0.25, 0.3) is 0 Å². The van der Waals surface area contributed by atoms with Gasteiger partial charge in [-0.1, -0.05) is 19.8 Å². The molecular formula is C15H29N3O. The van der Waals surface area contributed by atoms with E-state index in [0.717, 1.165) is 25.3 Å². The minimum atomic E-state index is 0.0180. The molecule has 2 atom stereocenters. The Morgan fingerprint density at radius 1 is 1.26 bits per heavy atom. The van der Waals surface area contributed by atoms with E-state index in [4.69, 9.17) is 0 Å². The van der Waals surface area contributed by atoms with Crippen molar-refractivity contribution in [2.45, 2.75) is 64.5 Å². The number of urea groups is 1. The zero-order valence-corrected chi connectivity index (χ0v) is 12.5. The lowest BCUT2D eigenvalue weighted by atomic mass is 10.00. The highest BCUT2D eigenvalue weighted by Gasteiger charge is 2.20. The molecule has 0 aromatic heterocycles. The summed E-state index contributed by atoms with van der Waals surface area (Å²) < 4.78 is 0. The van der Waals surface area contributed by atoms with Gasteiger partial charge < -0.3 is 15.5 Å². The van der Waals surface area contributed by atoms with Gasteiger partial charge in [0.1, 0.15) is 0 Å². The first kappa shape index (κ1) is 14.6. The summed E-state index contributed by atoms with van der Waals surface area (Å²) in [4.78, 5) is 14.4. The maximum absolute atomic E-state index is 11.9. The number of hydrogen-bond donors (Lipinski definition) is 2. The molecule has 2 fully saturated rings. The van der Waals surface area contributed by atoms with E-state index < -0.39 is 0 Å². The maximum Gasteiger partial charge on any atom is 0.315 e. The first-order valence-electron chi connectivity index (χ1n) is 7.93. The van der Waals surface area contributed by atoms with Gasteiger partial charge in [0, 0.05) is 25.2 Å². The number of nitrogens with one attached hydrogen (secondary N) is 2. The number of nitrogens with zero attached hydrogens (tertiary/aromatic N) is 1. The first-order chi connectivity index (χ1) is 9.13. The van der Waals surface area contributed by atoms with Crippen molar-refractivity contribution >= 4 is 6.03 Å². The van der Waals surface area contributed by atoms with Crippen molar-refractivity contribution in [3.8, 4) is 0 Å². The van der Waals surface area contributed by atoms with E-state index >= 15 is 0 Å². The van der Waals surface area contributed by atoms with E-state index in [1.165, 1.54) is 38.8 Å². The molecular weight excluding hydrogens is 238 g/mol. The molecule has 0 spiro atoms. The van der Waals surface area contributed by atoms with Gasteiger partial charge in [-0.15, -0.1) is 0 Å². The van der Waals surface area contributed by atoms with Crippen molar-refractivity contribution in [2.24, 2.45) is 5.92 Å². The van der Waals surface area contributed by atoms with Crippen LogP contribution < -0.4 is 10.6 Å². The summed E-state index contributed by atoms with van der Waals surface area (Å²) >= 11 is 0. The monoisotopic (exact) mass is 267 g/mol. The summed E-state index contributed by atoms with van der Waals surface area (Å²) in [5, 5.41) is 6.16. The van der Waals surface area contributed by atoms with Gasteiger partial charge in [0.25, 0.3) is 0 Å². The molecule has 110 valence electrons. The molecule has 2 rings (SSSR count). The SMILES string of the molecule is CC1CCCN(CC(C)NC(=O)NC2CCCC2)C1. The van der Waals surface area contributed by atoms with E-state index in [9.17, 15) is 4.79 Å². The zero-order chi connectivity index (χ0) is 13.7. The molecule has 2 aliphatic rings. The largest absolute Gasteiger partial charge is 0.335 e. The normalized spacial score (nSPS) is 27.2. The summed E-state index contributed by atoms with van der Waals surface area (Å²) in [6.45, 7) is 7.75. The number of hydrogen-bond acceptors (Lipinski definition) is 2. The predicted octanol–water partition coefficient (Wildman–Crippen LogP) is 2.35. The summed E-state index contributed by atoms with van der Waals surface area (Å²) in [5.74, 6) is 0.799. The highest BCUT2D eigenvalue weighted by Crippen LogP contribution is 2.17. The number of likely N-dealkylation sites (tertiary alicyclic amines) is 1. The molecule has 0 aromatic rings. The quantitative estimate of drug-likeness (QED) is 0.821.